The van der Waals surface area contributed by atoms with E-state index in [-0.39, 0.29) is 0 Å². The molecule has 25 heavy (non-hydrogen) atoms. The zero-order valence-electron chi connectivity index (χ0n) is 16.1. The lowest BCUT2D eigenvalue weighted by Crippen LogP contribution is -2.49. The van der Waals surface area contributed by atoms with E-state index in [0.717, 1.165) is 23.7 Å². The van der Waals surface area contributed by atoms with E-state index in [1.54, 1.807) is 5.56 Å². The van der Waals surface area contributed by atoms with Crippen molar-refractivity contribution in [3.8, 4) is 0 Å². The molecule has 0 N–H and O–H groups in total. The first-order chi connectivity index (χ1) is 12.1. The van der Waals surface area contributed by atoms with Gasteiger partial charge in [-0.1, -0.05) is 55.8 Å². The van der Waals surface area contributed by atoms with Gasteiger partial charge in [0.15, 0.2) is 0 Å². The monoisotopic (exact) mass is 334 g/mol. The predicted octanol–water partition coefficient (Wildman–Crippen LogP) is 7.12. The van der Waals surface area contributed by atoms with Crippen LogP contribution in [0.25, 0.3) is 0 Å². The Bertz CT molecular complexity index is 671. The topological polar surface area (TPSA) is 0 Å². The molecule has 0 bridgehead atoms. The lowest BCUT2D eigenvalue weighted by molar-refractivity contribution is -0.0415. The van der Waals surface area contributed by atoms with Crippen LogP contribution in [-0.2, 0) is 0 Å². The molecular formula is C25H34. The van der Waals surface area contributed by atoms with Gasteiger partial charge in [0.05, 0.1) is 0 Å². The number of fused-ring (bicyclic) bond motifs is 5. The molecule has 0 aliphatic heterocycles. The Hall–Kier alpha value is -1.04. The Labute approximate surface area is 154 Å². The van der Waals surface area contributed by atoms with Crippen LogP contribution in [-0.4, -0.2) is 0 Å². The van der Waals surface area contributed by atoms with E-state index in [4.69, 9.17) is 0 Å². The molecule has 4 aliphatic rings. The molecule has 3 saturated carbocycles. The van der Waals surface area contributed by atoms with Crippen molar-refractivity contribution in [2.24, 2.45) is 28.6 Å². The summed E-state index contributed by atoms with van der Waals surface area (Å²) in [5.74, 6) is 3.74. The lowest BCUT2D eigenvalue weighted by Gasteiger charge is -2.58. The van der Waals surface area contributed by atoms with Gasteiger partial charge in [-0.3, -0.25) is 0 Å². The zero-order valence-corrected chi connectivity index (χ0v) is 16.1. The SMILES string of the molecule is C[C@]12CC[C@H]3[C@@H](CCC4=CCCC[C@@]43C)[C@@H]1CC[C@@H]2c1ccccc1. The van der Waals surface area contributed by atoms with Gasteiger partial charge in [0.1, 0.15) is 0 Å². The highest BCUT2D eigenvalue weighted by molar-refractivity contribution is 5.28. The van der Waals surface area contributed by atoms with E-state index in [2.05, 4.69) is 50.3 Å². The van der Waals surface area contributed by atoms with Gasteiger partial charge in [-0.05, 0) is 97.9 Å². The first-order valence-corrected chi connectivity index (χ1v) is 10.9. The molecule has 3 fully saturated rings. The van der Waals surface area contributed by atoms with Gasteiger partial charge in [-0.25, -0.2) is 0 Å². The van der Waals surface area contributed by atoms with Gasteiger partial charge in [0, 0.05) is 0 Å². The number of allylic oxidation sites excluding steroid dienone is 2. The summed E-state index contributed by atoms with van der Waals surface area (Å²) >= 11 is 0. The van der Waals surface area contributed by atoms with Gasteiger partial charge < -0.3 is 0 Å². The summed E-state index contributed by atoms with van der Waals surface area (Å²) in [6, 6.07) is 11.5. The third-order valence-electron chi connectivity index (χ3n) is 9.23. The highest BCUT2D eigenvalue weighted by Gasteiger charge is 2.58. The Morgan fingerprint density at radius 1 is 0.880 bits per heavy atom. The molecule has 0 spiro atoms. The highest BCUT2D eigenvalue weighted by atomic mass is 14.6. The molecule has 0 aromatic heterocycles. The Kier molecular flexibility index (Phi) is 3.70. The van der Waals surface area contributed by atoms with Crippen molar-refractivity contribution in [3.63, 3.8) is 0 Å². The molecule has 0 saturated heterocycles. The average Bonchev–Trinajstić information content (AvgIpc) is 2.99. The molecule has 0 heterocycles. The van der Waals surface area contributed by atoms with E-state index in [1.807, 2.05) is 5.57 Å². The van der Waals surface area contributed by atoms with Crippen molar-refractivity contribution in [2.45, 2.75) is 77.6 Å². The van der Waals surface area contributed by atoms with Crippen LogP contribution in [0.2, 0.25) is 0 Å². The van der Waals surface area contributed by atoms with Crippen LogP contribution in [0.3, 0.4) is 0 Å². The van der Waals surface area contributed by atoms with Crippen molar-refractivity contribution in [1.82, 2.24) is 0 Å². The van der Waals surface area contributed by atoms with Crippen LogP contribution < -0.4 is 0 Å². The molecule has 4 aliphatic carbocycles. The molecule has 1 aromatic carbocycles. The van der Waals surface area contributed by atoms with Gasteiger partial charge in [-0.2, -0.15) is 0 Å². The van der Waals surface area contributed by atoms with Gasteiger partial charge in [-0.15, -0.1) is 0 Å². The molecular weight excluding hydrogens is 300 g/mol. The summed E-state index contributed by atoms with van der Waals surface area (Å²) in [6.45, 7) is 5.30. The standard InChI is InChI=1S/C25H34/c1-24-16-7-6-10-19(24)11-12-20-22-14-13-21(18-8-4-3-5-9-18)25(22,2)17-15-23(20)24/h3-5,8-10,20-23H,6-7,11-17H2,1-2H3/t20-,21+,22-,23-,24-,25+/m0/s1. The van der Waals surface area contributed by atoms with Crippen LogP contribution in [0.5, 0.6) is 0 Å². The van der Waals surface area contributed by atoms with Crippen LogP contribution in [0, 0.1) is 28.6 Å². The van der Waals surface area contributed by atoms with Gasteiger partial charge >= 0.3 is 0 Å². The highest BCUT2D eigenvalue weighted by Crippen LogP contribution is 2.68. The number of benzene rings is 1. The molecule has 0 heteroatoms. The second-order valence-electron chi connectivity index (χ2n) is 10.0. The van der Waals surface area contributed by atoms with Crippen molar-refractivity contribution >= 4 is 0 Å². The molecule has 5 rings (SSSR count). The summed E-state index contributed by atoms with van der Waals surface area (Å²) in [6.07, 6.45) is 15.6. The van der Waals surface area contributed by atoms with Gasteiger partial charge in [0.25, 0.3) is 0 Å². The van der Waals surface area contributed by atoms with Crippen LogP contribution >= 0.6 is 0 Å². The smallest absolute Gasteiger partial charge is 0.00853 e. The maximum Gasteiger partial charge on any atom is -0.00853 e. The third-order valence-corrected chi connectivity index (χ3v) is 9.23. The summed E-state index contributed by atoms with van der Waals surface area (Å²) in [7, 11) is 0. The van der Waals surface area contributed by atoms with Crippen LogP contribution in [0.4, 0.5) is 0 Å². The summed E-state index contributed by atoms with van der Waals surface area (Å²) < 4.78 is 0. The minimum Gasteiger partial charge on any atom is -0.0848 e. The fourth-order valence-corrected chi connectivity index (χ4v) is 7.99. The molecule has 134 valence electrons. The van der Waals surface area contributed by atoms with Crippen molar-refractivity contribution in [3.05, 3.63) is 47.5 Å². The fourth-order valence-electron chi connectivity index (χ4n) is 7.99. The van der Waals surface area contributed by atoms with E-state index < -0.39 is 0 Å². The number of hydrogen-bond donors (Lipinski definition) is 0. The Morgan fingerprint density at radius 2 is 1.72 bits per heavy atom. The minimum atomic E-state index is 0.549. The molecule has 0 radical (unpaired) electrons. The van der Waals surface area contributed by atoms with Crippen molar-refractivity contribution in [1.29, 1.82) is 0 Å². The molecule has 0 amide bonds. The largest absolute Gasteiger partial charge is 0.0848 e. The summed E-state index contributed by atoms with van der Waals surface area (Å²) in [5, 5.41) is 0. The lowest BCUT2D eigenvalue weighted by atomic mass is 9.46. The minimum absolute atomic E-state index is 0.549. The van der Waals surface area contributed by atoms with Gasteiger partial charge in [0.2, 0.25) is 0 Å². The second kappa shape index (κ2) is 5.73. The van der Waals surface area contributed by atoms with E-state index in [9.17, 15) is 0 Å². The number of rotatable bonds is 1. The molecule has 1 aromatic rings. The molecule has 0 nitrogen and oxygen atoms in total. The van der Waals surface area contributed by atoms with E-state index >= 15 is 0 Å². The van der Waals surface area contributed by atoms with Crippen LogP contribution in [0.1, 0.15) is 83.1 Å². The normalized spacial score (nSPS) is 45.9. The summed E-state index contributed by atoms with van der Waals surface area (Å²) in [5.41, 5.74) is 4.56. The van der Waals surface area contributed by atoms with E-state index in [0.29, 0.717) is 10.8 Å². The zero-order chi connectivity index (χ0) is 17.1. The molecule has 6 atom stereocenters. The Balaban J connectivity index is 1.47. The number of hydrogen-bond acceptors (Lipinski definition) is 0. The second-order valence-corrected chi connectivity index (χ2v) is 10.0. The van der Waals surface area contributed by atoms with Crippen molar-refractivity contribution in [2.75, 3.05) is 0 Å². The molecule has 0 unspecified atom stereocenters. The Morgan fingerprint density at radius 3 is 2.56 bits per heavy atom. The summed E-state index contributed by atoms with van der Waals surface area (Å²) in [4.78, 5) is 0. The van der Waals surface area contributed by atoms with Crippen LogP contribution in [0.15, 0.2) is 42.0 Å². The quantitative estimate of drug-likeness (QED) is 0.479. The maximum absolute atomic E-state index is 2.66. The third kappa shape index (κ3) is 2.25. The van der Waals surface area contributed by atoms with Crippen molar-refractivity contribution < 1.29 is 0 Å². The first kappa shape index (κ1) is 16.2. The average molecular weight is 335 g/mol. The first-order valence-electron chi connectivity index (χ1n) is 10.9. The van der Waals surface area contributed by atoms with E-state index in [1.165, 1.54) is 57.8 Å². The maximum atomic E-state index is 2.66. The predicted molar refractivity (Wildman–Crippen MR) is 106 cm³/mol. The fraction of sp³-hybridized carbons (Fsp3) is 0.680.